The molecule has 2 aromatic rings. The summed E-state index contributed by atoms with van der Waals surface area (Å²) in [6.45, 7) is 8.20. The highest BCUT2D eigenvalue weighted by atomic mass is 19.1. The Bertz CT molecular complexity index is 1260. The Morgan fingerprint density at radius 2 is 1.73 bits per heavy atom. The van der Waals surface area contributed by atoms with Crippen molar-refractivity contribution in [2.24, 2.45) is 17.8 Å². The Kier molecular flexibility index (Phi) is 11.9. The number of amides is 3. The fourth-order valence-corrected chi connectivity index (χ4v) is 6.39. The van der Waals surface area contributed by atoms with E-state index in [2.05, 4.69) is 17.6 Å². The molecule has 0 spiro atoms. The van der Waals surface area contributed by atoms with E-state index in [0.717, 1.165) is 43.0 Å². The molecule has 0 radical (unpaired) electrons. The molecule has 5 atom stereocenters. The van der Waals surface area contributed by atoms with Crippen LogP contribution >= 0.6 is 0 Å². The first-order chi connectivity index (χ1) is 21.1. The van der Waals surface area contributed by atoms with Crippen LogP contribution in [0, 0.1) is 29.4 Å². The smallest absolute Gasteiger partial charge is 0.242 e. The van der Waals surface area contributed by atoms with E-state index >= 15 is 0 Å². The summed E-state index contributed by atoms with van der Waals surface area (Å²) in [5.74, 6) is -3.29. The molecule has 0 aliphatic carbocycles. The fraction of sp³-hybridized carbons (Fsp3) is 0.559. The van der Waals surface area contributed by atoms with Crippen molar-refractivity contribution in [3.05, 3.63) is 71.3 Å². The van der Waals surface area contributed by atoms with Crippen LogP contribution in [0.25, 0.3) is 0 Å². The summed E-state index contributed by atoms with van der Waals surface area (Å²) in [7, 11) is 0. The first-order valence-corrected chi connectivity index (χ1v) is 15.9. The number of carbonyl (C=O) groups excluding carboxylic acids is 3. The maximum Gasteiger partial charge on any atom is 0.242 e. The highest BCUT2D eigenvalue weighted by Gasteiger charge is 2.45. The monoisotopic (exact) mass is 612 g/mol. The van der Waals surface area contributed by atoms with E-state index < -0.39 is 47.6 Å². The average molecular weight is 613 g/mol. The maximum absolute atomic E-state index is 14.1. The van der Waals surface area contributed by atoms with Gasteiger partial charge in [-0.2, -0.15) is 0 Å². The molecule has 3 amide bonds. The van der Waals surface area contributed by atoms with Crippen LogP contribution in [-0.4, -0.2) is 77.0 Å². The van der Waals surface area contributed by atoms with Gasteiger partial charge in [0, 0.05) is 38.8 Å². The third kappa shape index (κ3) is 8.63. The Hall–Kier alpha value is -3.37. The average Bonchev–Trinajstić information content (AvgIpc) is 3.28. The maximum atomic E-state index is 14.1. The van der Waals surface area contributed by atoms with E-state index in [0.29, 0.717) is 32.6 Å². The zero-order valence-electron chi connectivity index (χ0n) is 26.0. The van der Waals surface area contributed by atoms with Crippen molar-refractivity contribution in [2.75, 3.05) is 26.2 Å². The first-order valence-electron chi connectivity index (χ1n) is 15.9. The minimum Gasteiger partial charge on any atom is -0.389 e. The number of piperazine rings is 1. The summed E-state index contributed by atoms with van der Waals surface area (Å²) in [5.41, 5.74) is 1.18. The molecule has 44 heavy (non-hydrogen) atoms. The lowest BCUT2D eigenvalue weighted by molar-refractivity contribution is -0.141. The minimum absolute atomic E-state index is 0.0417. The predicted octanol–water partition coefficient (Wildman–Crippen LogP) is 3.66. The van der Waals surface area contributed by atoms with Crippen molar-refractivity contribution in [3.8, 4) is 0 Å². The highest BCUT2D eigenvalue weighted by Crippen LogP contribution is 2.31. The third-order valence-electron chi connectivity index (χ3n) is 8.62. The molecular weight excluding hydrogens is 566 g/mol. The number of halogens is 2. The number of hydrogen-bond donors (Lipinski definition) is 3. The molecule has 2 aliphatic heterocycles. The third-order valence-corrected chi connectivity index (χ3v) is 8.62. The lowest BCUT2D eigenvalue weighted by atomic mass is 9.86. The van der Waals surface area contributed by atoms with Gasteiger partial charge in [0.05, 0.1) is 24.0 Å². The second-order valence-corrected chi connectivity index (χ2v) is 12.6. The molecule has 2 aliphatic rings. The van der Waals surface area contributed by atoms with Crippen LogP contribution in [-0.2, 0) is 27.3 Å². The number of aliphatic hydroxyl groups excluding tert-OH is 1. The molecule has 0 bridgehead atoms. The number of nitrogens with one attached hydrogen (secondary N) is 2. The Labute approximate surface area is 259 Å². The summed E-state index contributed by atoms with van der Waals surface area (Å²) in [6, 6.07) is 10.5. The molecule has 2 saturated heterocycles. The number of benzene rings is 2. The lowest BCUT2D eigenvalue weighted by Gasteiger charge is -2.38. The number of rotatable bonds is 14. The minimum atomic E-state index is -1.40. The normalized spacial score (nSPS) is 22.0. The van der Waals surface area contributed by atoms with Gasteiger partial charge in [-0.15, -0.1) is 0 Å². The molecule has 2 aromatic carbocycles. The second-order valence-electron chi connectivity index (χ2n) is 12.6. The SMILES string of the molecule is CCCCCN1CC(C(=O)N[C@@H](Cc2cc(F)cc(F)c2)[C@H](O)[C@@H]2NCCN(Cc3ccccc3)C2=O)C(CC(C)C)C1=O. The van der Waals surface area contributed by atoms with E-state index in [1.54, 1.807) is 9.80 Å². The Balaban J connectivity index is 1.56. The van der Waals surface area contributed by atoms with Gasteiger partial charge in [0.25, 0.3) is 0 Å². The van der Waals surface area contributed by atoms with Crippen LogP contribution in [0.5, 0.6) is 0 Å². The van der Waals surface area contributed by atoms with Crippen LogP contribution in [0.1, 0.15) is 57.6 Å². The molecule has 8 nitrogen and oxygen atoms in total. The zero-order chi connectivity index (χ0) is 31.8. The molecule has 2 fully saturated rings. The molecule has 0 aromatic heterocycles. The number of aliphatic hydroxyl groups is 1. The van der Waals surface area contributed by atoms with Crippen molar-refractivity contribution < 1.29 is 28.3 Å². The van der Waals surface area contributed by atoms with E-state index in [1.807, 2.05) is 44.2 Å². The van der Waals surface area contributed by atoms with E-state index in [1.165, 1.54) is 0 Å². The van der Waals surface area contributed by atoms with Gasteiger partial charge in [0.1, 0.15) is 17.7 Å². The summed E-state index contributed by atoms with van der Waals surface area (Å²) in [5, 5.41) is 17.7. The van der Waals surface area contributed by atoms with Gasteiger partial charge in [0.15, 0.2) is 0 Å². The number of carbonyl (C=O) groups is 3. The first kappa shape index (κ1) is 33.5. The topological polar surface area (TPSA) is 102 Å². The number of likely N-dealkylation sites (tertiary alicyclic amines) is 1. The fourth-order valence-electron chi connectivity index (χ4n) is 6.39. The van der Waals surface area contributed by atoms with Crippen molar-refractivity contribution in [2.45, 2.75) is 77.6 Å². The summed E-state index contributed by atoms with van der Waals surface area (Å²) < 4.78 is 28.3. The highest BCUT2D eigenvalue weighted by molar-refractivity contribution is 5.91. The predicted molar refractivity (Wildman–Crippen MR) is 164 cm³/mol. The van der Waals surface area contributed by atoms with E-state index in [4.69, 9.17) is 0 Å². The molecular formula is C34H46F2N4O4. The van der Waals surface area contributed by atoms with Gasteiger partial charge in [-0.1, -0.05) is 63.9 Å². The van der Waals surface area contributed by atoms with E-state index in [-0.39, 0.29) is 36.3 Å². The largest absolute Gasteiger partial charge is 0.389 e. The quantitative estimate of drug-likeness (QED) is 0.283. The van der Waals surface area contributed by atoms with Crippen LogP contribution in [0.3, 0.4) is 0 Å². The molecule has 4 rings (SSSR count). The number of hydrogen-bond acceptors (Lipinski definition) is 5. The van der Waals surface area contributed by atoms with Crippen molar-refractivity contribution in [1.82, 2.24) is 20.4 Å². The molecule has 240 valence electrons. The van der Waals surface area contributed by atoms with Gasteiger partial charge >= 0.3 is 0 Å². The Morgan fingerprint density at radius 3 is 2.39 bits per heavy atom. The van der Waals surface area contributed by atoms with E-state index in [9.17, 15) is 28.3 Å². The molecule has 2 unspecified atom stereocenters. The molecule has 10 heteroatoms. The van der Waals surface area contributed by atoms with Crippen molar-refractivity contribution in [1.29, 1.82) is 0 Å². The van der Waals surface area contributed by atoms with Crippen LogP contribution in [0.4, 0.5) is 8.78 Å². The van der Waals surface area contributed by atoms with Gasteiger partial charge in [-0.3, -0.25) is 14.4 Å². The van der Waals surface area contributed by atoms with Crippen LogP contribution < -0.4 is 10.6 Å². The zero-order valence-corrected chi connectivity index (χ0v) is 26.0. The summed E-state index contributed by atoms with van der Waals surface area (Å²) in [6.07, 6.45) is 1.88. The summed E-state index contributed by atoms with van der Waals surface area (Å²) in [4.78, 5) is 44.3. The van der Waals surface area contributed by atoms with Crippen molar-refractivity contribution in [3.63, 3.8) is 0 Å². The van der Waals surface area contributed by atoms with Crippen LogP contribution in [0.2, 0.25) is 0 Å². The van der Waals surface area contributed by atoms with Gasteiger partial charge in [0.2, 0.25) is 17.7 Å². The molecule has 3 N–H and O–H groups in total. The van der Waals surface area contributed by atoms with Crippen LogP contribution in [0.15, 0.2) is 48.5 Å². The summed E-state index contributed by atoms with van der Waals surface area (Å²) >= 11 is 0. The van der Waals surface area contributed by atoms with Crippen molar-refractivity contribution >= 4 is 17.7 Å². The standard InChI is InChI=1S/C34H46F2N4O4/c1-4-5-9-13-39-21-28(27(33(39)43)15-22(2)3)32(42)38-29(18-24-16-25(35)19-26(36)17-24)31(41)30-34(44)40(14-12-37-30)20-23-10-7-6-8-11-23/h6-8,10-11,16-17,19,22,27-31,37,41H,4-5,9,12-15,18,20-21H2,1-3H3,(H,38,42)/t27?,28?,29-,30-,31-/m0/s1. The van der Waals surface area contributed by atoms with Gasteiger partial charge in [-0.05, 0) is 48.4 Å². The van der Waals surface area contributed by atoms with Gasteiger partial charge in [-0.25, -0.2) is 8.78 Å². The molecule has 0 saturated carbocycles. The Morgan fingerprint density at radius 1 is 1.02 bits per heavy atom. The van der Waals surface area contributed by atoms with Gasteiger partial charge < -0.3 is 25.5 Å². The number of unbranched alkanes of at least 4 members (excludes halogenated alkanes) is 2. The lowest BCUT2D eigenvalue weighted by Crippen LogP contribution is -2.64. The second kappa shape index (κ2) is 15.6. The number of nitrogens with zero attached hydrogens (tertiary/aromatic N) is 2. The molecule has 2 heterocycles.